The van der Waals surface area contributed by atoms with E-state index in [1.54, 1.807) is 18.2 Å². The van der Waals surface area contributed by atoms with Crippen molar-refractivity contribution in [2.24, 2.45) is 0 Å². The summed E-state index contributed by atoms with van der Waals surface area (Å²) in [6, 6.07) is 19.2. The van der Waals surface area contributed by atoms with Crippen LogP contribution in [0.25, 0.3) is 0 Å². The first kappa shape index (κ1) is 20.3. The minimum atomic E-state index is -4.31. The van der Waals surface area contributed by atoms with Crippen molar-refractivity contribution in [3.8, 4) is 0 Å². The molecule has 1 aliphatic rings. The standard InChI is InChI=1S/C23H21F4N3/c24-18-6-8-21(9-7-18)30-22(14-19(29-30)12-16-4-2-1-3-5-16)17-10-11-28-20(13-17)15-23(25,26)27/h1-11,13,19,22,29H,12,14-15H2. The van der Waals surface area contributed by atoms with Gasteiger partial charge in [-0.05, 0) is 60.4 Å². The van der Waals surface area contributed by atoms with Gasteiger partial charge in [0.05, 0.1) is 18.2 Å². The van der Waals surface area contributed by atoms with Gasteiger partial charge in [-0.1, -0.05) is 30.3 Å². The van der Waals surface area contributed by atoms with E-state index in [1.807, 2.05) is 35.3 Å². The zero-order chi connectivity index (χ0) is 21.1. The van der Waals surface area contributed by atoms with Crippen LogP contribution in [0.3, 0.4) is 0 Å². The van der Waals surface area contributed by atoms with Crippen molar-refractivity contribution in [3.63, 3.8) is 0 Å². The molecule has 3 nitrogen and oxygen atoms in total. The van der Waals surface area contributed by atoms with Crippen LogP contribution in [-0.2, 0) is 12.8 Å². The predicted molar refractivity (Wildman–Crippen MR) is 107 cm³/mol. The lowest BCUT2D eigenvalue weighted by atomic mass is 9.97. The molecule has 0 amide bonds. The Balaban J connectivity index is 1.62. The third-order valence-electron chi connectivity index (χ3n) is 5.18. The summed E-state index contributed by atoms with van der Waals surface area (Å²) in [5.41, 5.74) is 6.12. The number of hydrogen-bond acceptors (Lipinski definition) is 3. The van der Waals surface area contributed by atoms with Gasteiger partial charge in [0.1, 0.15) is 5.82 Å². The largest absolute Gasteiger partial charge is 0.394 e. The molecule has 0 saturated carbocycles. The number of pyridine rings is 1. The molecule has 1 N–H and O–H groups in total. The van der Waals surface area contributed by atoms with Gasteiger partial charge >= 0.3 is 6.18 Å². The van der Waals surface area contributed by atoms with E-state index in [0.717, 1.165) is 17.7 Å². The Bertz CT molecular complexity index is 974. The van der Waals surface area contributed by atoms with Crippen LogP contribution in [0.1, 0.15) is 29.3 Å². The van der Waals surface area contributed by atoms with Gasteiger partial charge < -0.3 is 5.01 Å². The van der Waals surface area contributed by atoms with E-state index in [9.17, 15) is 17.6 Å². The lowest BCUT2D eigenvalue weighted by Gasteiger charge is -2.27. The predicted octanol–water partition coefficient (Wildman–Crippen LogP) is 5.39. The molecule has 4 rings (SSSR count). The summed E-state index contributed by atoms with van der Waals surface area (Å²) in [6.45, 7) is 0. The number of nitrogens with zero attached hydrogens (tertiary/aromatic N) is 2. The van der Waals surface area contributed by atoms with E-state index < -0.39 is 12.6 Å². The van der Waals surface area contributed by atoms with Crippen LogP contribution < -0.4 is 10.4 Å². The molecule has 2 heterocycles. The molecule has 0 aliphatic carbocycles. The zero-order valence-electron chi connectivity index (χ0n) is 16.1. The van der Waals surface area contributed by atoms with Crippen molar-refractivity contribution >= 4 is 5.69 Å². The Morgan fingerprint density at radius 3 is 2.43 bits per heavy atom. The zero-order valence-corrected chi connectivity index (χ0v) is 16.1. The van der Waals surface area contributed by atoms with E-state index in [1.165, 1.54) is 30.0 Å². The molecule has 1 aliphatic heterocycles. The Morgan fingerprint density at radius 2 is 1.73 bits per heavy atom. The third kappa shape index (κ3) is 4.97. The van der Waals surface area contributed by atoms with Crippen LogP contribution in [0, 0.1) is 5.82 Å². The van der Waals surface area contributed by atoms with Gasteiger partial charge in [0.25, 0.3) is 0 Å². The van der Waals surface area contributed by atoms with Gasteiger partial charge in [-0.3, -0.25) is 4.98 Å². The summed E-state index contributed by atoms with van der Waals surface area (Å²) in [7, 11) is 0. The molecule has 2 unspecified atom stereocenters. The van der Waals surface area contributed by atoms with Crippen LogP contribution in [0.4, 0.5) is 23.2 Å². The molecule has 3 aromatic rings. The van der Waals surface area contributed by atoms with Crippen molar-refractivity contribution in [1.29, 1.82) is 0 Å². The Kier molecular flexibility index (Phi) is 5.72. The summed E-state index contributed by atoms with van der Waals surface area (Å²) >= 11 is 0. The fraction of sp³-hybridized carbons (Fsp3) is 0.261. The summed E-state index contributed by atoms with van der Waals surface area (Å²) < 4.78 is 51.9. The lowest BCUT2D eigenvalue weighted by Crippen LogP contribution is -2.37. The molecule has 1 aromatic heterocycles. The fourth-order valence-electron chi connectivity index (χ4n) is 3.89. The van der Waals surface area contributed by atoms with Crippen molar-refractivity contribution in [2.75, 3.05) is 5.01 Å². The maximum atomic E-state index is 13.4. The number of benzene rings is 2. The normalized spacial score (nSPS) is 19.3. The van der Waals surface area contributed by atoms with Crippen LogP contribution in [0.5, 0.6) is 0 Å². The van der Waals surface area contributed by atoms with Crippen LogP contribution in [0.15, 0.2) is 72.9 Å². The van der Waals surface area contributed by atoms with Gasteiger partial charge in [-0.15, -0.1) is 0 Å². The van der Waals surface area contributed by atoms with E-state index in [2.05, 4.69) is 10.4 Å². The highest BCUT2D eigenvalue weighted by atomic mass is 19.4. The van der Waals surface area contributed by atoms with Crippen LogP contribution in [-0.4, -0.2) is 17.2 Å². The molecule has 156 valence electrons. The number of aromatic nitrogens is 1. The minimum Gasteiger partial charge on any atom is -0.301 e. The number of halogens is 4. The molecular weight excluding hydrogens is 394 g/mol. The molecular formula is C23H21F4N3. The third-order valence-corrected chi connectivity index (χ3v) is 5.18. The summed E-state index contributed by atoms with van der Waals surface area (Å²) in [5.74, 6) is -0.341. The Labute approximate surface area is 172 Å². The number of hydrogen-bond donors (Lipinski definition) is 1. The van der Waals surface area contributed by atoms with E-state index in [0.29, 0.717) is 6.42 Å². The highest BCUT2D eigenvalue weighted by Crippen LogP contribution is 2.36. The first-order valence-electron chi connectivity index (χ1n) is 9.74. The monoisotopic (exact) mass is 415 g/mol. The minimum absolute atomic E-state index is 0.00874. The second-order valence-electron chi connectivity index (χ2n) is 7.49. The summed E-state index contributed by atoms with van der Waals surface area (Å²) in [6.07, 6.45) is -2.49. The first-order chi connectivity index (χ1) is 14.4. The highest BCUT2D eigenvalue weighted by Gasteiger charge is 2.34. The molecule has 1 saturated heterocycles. The Morgan fingerprint density at radius 1 is 1.00 bits per heavy atom. The molecule has 2 aromatic carbocycles. The summed E-state index contributed by atoms with van der Waals surface area (Å²) in [5, 5.41) is 1.92. The maximum Gasteiger partial charge on any atom is 0.394 e. The quantitative estimate of drug-likeness (QED) is 0.566. The van der Waals surface area contributed by atoms with Gasteiger partial charge in [0, 0.05) is 17.9 Å². The van der Waals surface area contributed by atoms with Crippen molar-refractivity contribution < 1.29 is 17.6 Å². The second-order valence-corrected chi connectivity index (χ2v) is 7.49. The highest BCUT2D eigenvalue weighted by molar-refractivity contribution is 5.49. The number of nitrogens with one attached hydrogen (secondary N) is 1. The molecule has 7 heteroatoms. The molecule has 30 heavy (non-hydrogen) atoms. The van der Waals surface area contributed by atoms with Crippen LogP contribution in [0.2, 0.25) is 0 Å². The van der Waals surface area contributed by atoms with E-state index in [4.69, 9.17) is 0 Å². The number of hydrazine groups is 1. The first-order valence-corrected chi connectivity index (χ1v) is 9.74. The average Bonchev–Trinajstić information content (AvgIpc) is 3.12. The molecule has 0 bridgehead atoms. The number of alkyl halides is 3. The van der Waals surface area contributed by atoms with Crippen LogP contribution >= 0.6 is 0 Å². The smallest absolute Gasteiger partial charge is 0.301 e. The fourth-order valence-corrected chi connectivity index (χ4v) is 3.89. The van der Waals surface area contributed by atoms with Gasteiger partial charge in [0.15, 0.2) is 0 Å². The van der Waals surface area contributed by atoms with E-state index in [-0.39, 0.29) is 23.6 Å². The van der Waals surface area contributed by atoms with Gasteiger partial charge in [-0.25, -0.2) is 9.82 Å². The van der Waals surface area contributed by atoms with Gasteiger partial charge in [0.2, 0.25) is 0 Å². The SMILES string of the molecule is Fc1ccc(N2NC(Cc3ccccc3)CC2c2ccnc(CC(F)(F)F)c2)cc1. The maximum absolute atomic E-state index is 13.4. The molecule has 1 fully saturated rings. The van der Waals surface area contributed by atoms with Crippen molar-refractivity contribution in [3.05, 3.63) is 95.6 Å². The average molecular weight is 415 g/mol. The summed E-state index contributed by atoms with van der Waals surface area (Å²) in [4.78, 5) is 3.88. The van der Waals surface area contributed by atoms with Crippen molar-refractivity contribution in [1.82, 2.24) is 10.4 Å². The second kappa shape index (κ2) is 8.44. The number of anilines is 1. The topological polar surface area (TPSA) is 28.2 Å². The lowest BCUT2D eigenvalue weighted by molar-refractivity contribution is -0.127. The van der Waals surface area contributed by atoms with Gasteiger partial charge in [-0.2, -0.15) is 13.2 Å². The Hall–Kier alpha value is -2.93. The molecule has 0 radical (unpaired) electrons. The van der Waals surface area contributed by atoms with E-state index >= 15 is 0 Å². The molecule has 0 spiro atoms. The van der Waals surface area contributed by atoms with Crippen molar-refractivity contribution in [2.45, 2.75) is 37.5 Å². The number of rotatable bonds is 5. The molecule has 2 atom stereocenters.